The summed E-state index contributed by atoms with van der Waals surface area (Å²) >= 11 is 0. The molecule has 1 spiro atoms. The lowest BCUT2D eigenvalue weighted by Crippen LogP contribution is -2.52. The number of hydrogen-bond acceptors (Lipinski definition) is 4. The molecule has 2 fully saturated rings. The highest BCUT2D eigenvalue weighted by molar-refractivity contribution is 5.94. The zero-order valence-electron chi connectivity index (χ0n) is 15.6. The van der Waals surface area contributed by atoms with Crippen molar-refractivity contribution in [3.8, 4) is 0 Å². The maximum atomic E-state index is 12.9. The third-order valence-corrected chi connectivity index (χ3v) is 5.35. The molecule has 2 saturated heterocycles. The second-order valence-corrected chi connectivity index (χ2v) is 7.83. The minimum atomic E-state index is 0.0749. The monoisotopic (exact) mass is 345 g/mol. The zero-order chi connectivity index (χ0) is 17.7. The maximum absolute atomic E-state index is 12.9. The molecule has 0 N–H and O–H groups in total. The van der Waals surface area contributed by atoms with Crippen LogP contribution in [-0.4, -0.2) is 87.2 Å². The second kappa shape index (κ2) is 8.30. The van der Waals surface area contributed by atoms with E-state index in [0.717, 1.165) is 70.9 Å². The number of rotatable bonds is 4. The minimum absolute atomic E-state index is 0.0749. The summed E-state index contributed by atoms with van der Waals surface area (Å²) < 4.78 is 5.97. The summed E-state index contributed by atoms with van der Waals surface area (Å²) in [6.07, 6.45) is 2.20. The molecule has 5 nitrogen and oxygen atoms in total. The number of hydrogen-bond donors (Lipinski definition) is 0. The number of nitrogens with zero attached hydrogens (tertiary/aromatic N) is 3. The van der Waals surface area contributed by atoms with Crippen LogP contribution in [-0.2, 0) is 4.74 Å². The molecule has 25 heavy (non-hydrogen) atoms. The van der Waals surface area contributed by atoms with Gasteiger partial charge < -0.3 is 14.5 Å². The number of likely N-dealkylation sites (N-methyl/N-ethyl adjacent to an activating group) is 1. The summed E-state index contributed by atoms with van der Waals surface area (Å²) in [5, 5.41) is 0. The van der Waals surface area contributed by atoms with Crippen LogP contribution in [0.5, 0.6) is 0 Å². The highest BCUT2D eigenvalue weighted by Crippen LogP contribution is 2.33. The Bertz CT molecular complexity index is 563. The quantitative estimate of drug-likeness (QED) is 0.834. The summed E-state index contributed by atoms with van der Waals surface area (Å²) in [4.78, 5) is 19.7. The van der Waals surface area contributed by atoms with Crippen molar-refractivity contribution >= 4 is 5.91 Å². The predicted molar refractivity (Wildman–Crippen MR) is 99.8 cm³/mol. The van der Waals surface area contributed by atoms with E-state index in [9.17, 15) is 4.79 Å². The predicted octanol–water partition coefficient (Wildman–Crippen LogP) is 1.80. The number of carbonyl (C=O) groups excluding carboxylic acids is 1. The lowest BCUT2D eigenvalue weighted by molar-refractivity contribution is 0.00717. The van der Waals surface area contributed by atoms with Gasteiger partial charge in [0.05, 0.1) is 13.2 Å². The Morgan fingerprint density at radius 2 is 2.00 bits per heavy atom. The van der Waals surface area contributed by atoms with Gasteiger partial charge in [-0.2, -0.15) is 0 Å². The average Bonchev–Trinajstić information content (AvgIpc) is 2.82. The first kappa shape index (κ1) is 18.4. The van der Waals surface area contributed by atoms with Crippen LogP contribution in [0.15, 0.2) is 30.3 Å². The number of amides is 1. The number of piperidine rings is 1. The number of carbonyl (C=O) groups is 1. The van der Waals surface area contributed by atoms with Crippen molar-refractivity contribution in [2.45, 2.75) is 12.8 Å². The Kier molecular flexibility index (Phi) is 6.10. The van der Waals surface area contributed by atoms with Crippen molar-refractivity contribution in [3.05, 3.63) is 35.9 Å². The molecule has 3 rings (SSSR count). The van der Waals surface area contributed by atoms with Gasteiger partial charge in [-0.05, 0) is 39.1 Å². The maximum Gasteiger partial charge on any atom is 0.253 e. The topological polar surface area (TPSA) is 36.0 Å². The molecule has 1 aromatic carbocycles. The molecular formula is C20H31N3O2. The summed E-state index contributed by atoms with van der Waals surface area (Å²) in [5.41, 5.74) is 0.865. The third kappa shape index (κ3) is 4.81. The van der Waals surface area contributed by atoms with Gasteiger partial charge in [0.1, 0.15) is 0 Å². The molecule has 0 radical (unpaired) electrons. The number of likely N-dealkylation sites (tertiary alicyclic amines) is 1. The van der Waals surface area contributed by atoms with E-state index < -0.39 is 0 Å². The Morgan fingerprint density at radius 1 is 1.20 bits per heavy atom. The lowest BCUT2D eigenvalue weighted by Gasteiger charge is -2.43. The molecule has 0 bridgehead atoms. The molecular weight excluding hydrogens is 314 g/mol. The zero-order valence-corrected chi connectivity index (χ0v) is 15.6. The molecule has 0 aliphatic carbocycles. The van der Waals surface area contributed by atoms with Crippen molar-refractivity contribution in [1.82, 2.24) is 14.7 Å². The summed E-state index contributed by atoms with van der Waals surface area (Å²) in [6, 6.07) is 9.65. The number of benzene rings is 1. The normalized spacial score (nSPS) is 25.3. The van der Waals surface area contributed by atoms with Crippen LogP contribution in [0.1, 0.15) is 23.2 Å². The van der Waals surface area contributed by atoms with E-state index in [1.165, 1.54) is 0 Å². The van der Waals surface area contributed by atoms with Gasteiger partial charge in [-0.25, -0.2) is 0 Å². The van der Waals surface area contributed by atoms with Crippen LogP contribution in [0.4, 0.5) is 0 Å². The molecule has 0 unspecified atom stereocenters. The fourth-order valence-electron chi connectivity index (χ4n) is 4.01. The van der Waals surface area contributed by atoms with Crippen LogP contribution >= 0.6 is 0 Å². The van der Waals surface area contributed by atoms with Crippen molar-refractivity contribution in [3.63, 3.8) is 0 Å². The Balaban J connectivity index is 1.68. The first-order valence-electron chi connectivity index (χ1n) is 9.37. The van der Waals surface area contributed by atoms with Crippen molar-refractivity contribution < 1.29 is 9.53 Å². The molecule has 0 aromatic heterocycles. The SMILES string of the molecule is CN(C)CCN1CCOC[C@@]2(CCCN(C(=O)c3ccccc3)C2)C1. The van der Waals surface area contributed by atoms with E-state index in [0.29, 0.717) is 0 Å². The average molecular weight is 345 g/mol. The van der Waals surface area contributed by atoms with E-state index >= 15 is 0 Å². The van der Waals surface area contributed by atoms with E-state index in [4.69, 9.17) is 4.74 Å². The lowest BCUT2D eigenvalue weighted by atomic mass is 9.80. The van der Waals surface area contributed by atoms with Crippen LogP contribution in [0.2, 0.25) is 0 Å². The highest BCUT2D eigenvalue weighted by Gasteiger charge is 2.40. The van der Waals surface area contributed by atoms with Gasteiger partial charge in [-0.15, -0.1) is 0 Å². The van der Waals surface area contributed by atoms with Crippen LogP contribution in [0.3, 0.4) is 0 Å². The van der Waals surface area contributed by atoms with Gasteiger partial charge in [0.15, 0.2) is 0 Å². The van der Waals surface area contributed by atoms with Gasteiger partial charge in [0.25, 0.3) is 5.91 Å². The van der Waals surface area contributed by atoms with E-state index in [2.05, 4.69) is 23.9 Å². The van der Waals surface area contributed by atoms with Crippen LogP contribution in [0, 0.1) is 5.41 Å². The molecule has 2 aliphatic heterocycles. The molecule has 2 heterocycles. The first-order valence-corrected chi connectivity index (χ1v) is 9.37. The standard InChI is InChI=1S/C20H31N3O2/c1-21(2)11-12-22-13-14-25-17-20(15-22)9-6-10-23(16-20)19(24)18-7-4-3-5-8-18/h3-5,7-8H,6,9-17H2,1-2H3/t20-/m0/s1. The van der Waals surface area contributed by atoms with Gasteiger partial charge in [-0.3, -0.25) is 9.69 Å². The second-order valence-electron chi connectivity index (χ2n) is 7.83. The van der Waals surface area contributed by atoms with Crippen molar-refractivity contribution in [2.24, 2.45) is 5.41 Å². The highest BCUT2D eigenvalue weighted by atomic mass is 16.5. The smallest absolute Gasteiger partial charge is 0.253 e. The minimum Gasteiger partial charge on any atom is -0.379 e. The van der Waals surface area contributed by atoms with Crippen molar-refractivity contribution in [2.75, 3.05) is 66.6 Å². The van der Waals surface area contributed by atoms with E-state index in [1.54, 1.807) is 0 Å². The molecule has 1 amide bonds. The van der Waals surface area contributed by atoms with E-state index in [-0.39, 0.29) is 11.3 Å². The summed E-state index contributed by atoms with van der Waals surface area (Å²) in [6.45, 7) is 7.35. The van der Waals surface area contributed by atoms with Gasteiger partial charge >= 0.3 is 0 Å². The van der Waals surface area contributed by atoms with Gasteiger partial charge in [0.2, 0.25) is 0 Å². The molecule has 138 valence electrons. The Labute approximate surface area is 151 Å². The molecule has 1 atom stereocenters. The molecule has 1 aromatic rings. The van der Waals surface area contributed by atoms with Gasteiger partial charge in [-0.1, -0.05) is 18.2 Å². The van der Waals surface area contributed by atoms with Gasteiger partial charge in [0, 0.05) is 50.2 Å². The van der Waals surface area contributed by atoms with Crippen molar-refractivity contribution in [1.29, 1.82) is 0 Å². The molecule has 0 saturated carbocycles. The molecule has 2 aliphatic rings. The third-order valence-electron chi connectivity index (χ3n) is 5.35. The largest absolute Gasteiger partial charge is 0.379 e. The Hall–Kier alpha value is -1.43. The van der Waals surface area contributed by atoms with E-state index in [1.807, 2.05) is 35.2 Å². The van der Waals surface area contributed by atoms with Crippen LogP contribution in [0.25, 0.3) is 0 Å². The molecule has 5 heteroatoms. The first-order chi connectivity index (χ1) is 12.1. The summed E-state index contributed by atoms with van der Waals surface area (Å²) in [5.74, 6) is 0.156. The fourth-order valence-corrected chi connectivity index (χ4v) is 4.01. The Morgan fingerprint density at radius 3 is 2.76 bits per heavy atom. The fraction of sp³-hybridized carbons (Fsp3) is 0.650. The summed E-state index contributed by atoms with van der Waals surface area (Å²) in [7, 11) is 4.23. The van der Waals surface area contributed by atoms with Crippen LogP contribution < -0.4 is 0 Å². The number of ether oxygens (including phenoxy) is 1.